The van der Waals surface area contributed by atoms with Gasteiger partial charge in [0, 0.05) is 18.6 Å². The summed E-state index contributed by atoms with van der Waals surface area (Å²) in [7, 11) is 1.65. The number of aliphatic imine (C=N–C) groups is 1. The summed E-state index contributed by atoms with van der Waals surface area (Å²) in [6.07, 6.45) is 4.25. The van der Waals surface area contributed by atoms with Crippen molar-refractivity contribution in [3.05, 3.63) is 36.0 Å². The second-order valence-corrected chi connectivity index (χ2v) is 10.6. The van der Waals surface area contributed by atoms with Gasteiger partial charge in [0.2, 0.25) is 5.82 Å². The van der Waals surface area contributed by atoms with Crippen LogP contribution in [0.3, 0.4) is 0 Å². The van der Waals surface area contributed by atoms with E-state index in [9.17, 15) is 4.79 Å². The Balaban J connectivity index is 1.55. The van der Waals surface area contributed by atoms with E-state index in [1.807, 2.05) is 56.6 Å². The third kappa shape index (κ3) is 6.70. The first-order valence-corrected chi connectivity index (χ1v) is 12.9. The second-order valence-electron chi connectivity index (χ2n) is 10.6. The van der Waals surface area contributed by atoms with Crippen molar-refractivity contribution in [1.82, 2.24) is 25.1 Å². The number of aromatic nitrogens is 4. The number of methoxy groups -OCH3 is 1. The Morgan fingerprint density at radius 1 is 1.21 bits per heavy atom. The Hall–Kier alpha value is -3.89. The van der Waals surface area contributed by atoms with Gasteiger partial charge in [-0.25, -0.2) is 19.4 Å². The Kier molecular flexibility index (Phi) is 8.03. The van der Waals surface area contributed by atoms with Gasteiger partial charge >= 0.3 is 6.09 Å². The first-order valence-electron chi connectivity index (χ1n) is 12.9. The lowest BCUT2D eigenvalue weighted by molar-refractivity contribution is 0.0448. The lowest BCUT2D eigenvalue weighted by Crippen LogP contribution is -2.54. The molecule has 1 aromatic carbocycles. The molecule has 3 aromatic rings. The number of hydrogen-bond acceptors (Lipinski definition) is 9. The molecule has 1 saturated heterocycles. The van der Waals surface area contributed by atoms with Crippen LogP contribution in [-0.2, 0) is 16.0 Å². The molecule has 0 radical (unpaired) electrons. The van der Waals surface area contributed by atoms with Gasteiger partial charge in [-0.05, 0) is 65.2 Å². The Morgan fingerprint density at radius 3 is 2.55 bits per heavy atom. The number of rotatable bonds is 8. The molecule has 1 aliphatic rings. The summed E-state index contributed by atoms with van der Waals surface area (Å²) >= 11 is 0. The van der Waals surface area contributed by atoms with E-state index in [4.69, 9.17) is 19.2 Å². The van der Waals surface area contributed by atoms with Gasteiger partial charge < -0.3 is 24.4 Å². The molecule has 0 saturated carbocycles. The fraction of sp³-hybridized carbons (Fsp3) is 0.519. The standard InChI is InChI=1S/C27H37N7O4/c1-7-37-18-29-23-22-24(34(32-23)17-19-8-10-20(36-6)11-9-19)30-21(16-28-22)33-14-12-27(5,13-15-33)31-25(35)38-26(2,3)4/h8-11,16,18H,7,12-15,17H2,1-6H3,(H,31,35)/b29-18+. The normalized spacial score (nSPS) is 15.6. The molecule has 0 bridgehead atoms. The first kappa shape index (κ1) is 27.2. The van der Waals surface area contributed by atoms with Crippen molar-refractivity contribution in [3.63, 3.8) is 0 Å². The molecule has 0 atom stereocenters. The summed E-state index contributed by atoms with van der Waals surface area (Å²) in [5.41, 5.74) is 1.40. The Morgan fingerprint density at radius 2 is 1.92 bits per heavy atom. The zero-order valence-electron chi connectivity index (χ0n) is 23.0. The highest BCUT2D eigenvalue weighted by Crippen LogP contribution is 2.29. The molecule has 11 nitrogen and oxygen atoms in total. The van der Waals surface area contributed by atoms with Crippen molar-refractivity contribution in [2.75, 3.05) is 31.7 Å². The Bertz CT molecular complexity index is 1270. The number of piperidine rings is 1. The molecule has 1 amide bonds. The van der Waals surface area contributed by atoms with Gasteiger partial charge in [-0.15, -0.1) is 5.10 Å². The van der Waals surface area contributed by atoms with Gasteiger partial charge in [-0.3, -0.25) is 0 Å². The van der Waals surface area contributed by atoms with Gasteiger partial charge in [0.15, 0.2) is 17.6 Å². The maximum atomic E-state index is 12.3. The molecular formula is C27H37N7O4. The molecule has 1 N–H and O–H groups in total. The van der Waals surface area contributed by atoms with E-state index in [1.54, 1.807) is 13.3 Å². The summed E-state index contributed by atoms with van der Waals surface area (Å²) in [6, 6.07) is 7.83. The van der Waals surface area contributed by atoms with Crippen LogP contribution in [0.25, 0.3) is 11.2 Å². The van der Waals surface area contributed by atoms with Crippen LogP contribution in [0.4, 0.5) is 16.4 Å². The molecule has 0 unspecified atom stereocenters. The summed E-state index contributed by atoms with van der Waals surface area (Å²) in [6.45, 7) is 12.0. The molecule has 38 heavy (non-hydrogen) atoms. The quantitative estimate of drug-likeness (QED) is 0.340. The van der Waals surface area contributed by atoms with Gasteiger partial charge in [0.1, 0.15) is 17.2 Å². The van der Waals surface area contributed by atoms with Crippen molar-refractivity contribution in [2.45, 2.75) is 65.1 Å². The average molecular weight is 524 g/mol. The number of anilines is 1. The number of hydrogen-bond donors (Lipinski definition) is 1. The lowest BCUT2D eigenvalue weighted by atomic mass is 9.90. The highest BCUT2D eigenvalue weighted by atomic mass is 16.6. The predicted octanol–water partition coefficient (Wildman–Crippen LogP) is 4.46. The van der Waals surface area contributed by atoms with Crippen LogP contribution in [0.1, 0.15) is 53.0 Å². The van der Waals surface area contributed by atoms with E-state index < -0.39 is 11.7 Å². The van der Waals surface area contributed by atoms with Crippen LogP contribution < -0.4 is 15.0 Å². The van der Waals surface area contributed by atoms with Crippen molar-refractivity contribution >= 4 is 35.3 Å². The highest BCUT2D eigenvalue weighted by Gasteiger charge is 2.33. The zero-order valence-corrected chi connectivity index (χ0v) is 23.0. The van der Waals surface area contributed by atoms with Crippen LogP contribution in [0.15, 0.2) is 35.5 Å². The predicted molar refractivity (Wildman–Crippen MR) is 146 cm³/mol. The zero-order chi connectivity index (χ0) is 27.3. The SMILES string of the molecule is CCO/C=N/c1nn(Cc2ccc(OC)cc2)c2nc(N3CCC(C)(NC(=O)OC(C)(C)C)CC3)cnc12. The van der Waals surface area contributed by atoms with Crippen LogP contribution in [0.5, 0.6) is 5.75 Å². The number of ether oxygens (including phenoxy) is 3. The summed E-state index contributed by atoms with van der Waals surface area (Å²) in [5, 5.41) is 7.72. The maximum absolute atomic E-state index is 12.3. The summed E-state index contributed by atoms with van der Waals surface area (Å²) in [5.74, 6) is 2.00. The van der Waals surface area contributed by atoms with E-state index >= 15 is 0 Å². The smallest absolute Gasteiger partial charge is 0.408 e. The second kappa shape index (κ2) is 11.2. The fourth-order valence-corrected chi connectivity index (χ4v) is 4.24. The van der Waals surface area contributed by atoms with Gasteiger partial charge in [-0.1, -0.05) is 12.1 Å². The Labute approximate surface area is 223 Å². The molecule has 204 valence electrons. The molecule has 0 aliphatic carbocycles. The molecule has 4 rings (SSSR count). The number of benzene rings is 1. The molecular weight excluding hydrogens is 486 g/mol. The maximum Gasteiger partial charge on any atom is 0.408 e. The molecule has 2 aromatic heterocycles. The number of nitrogens with zero attached hydrogens (tertiary/aromatic N) is 6. The van der Waals surface area contributed by atoms with Crippen molar-refractivity contribution in [3.8, 4) is 5.75 Å². The summed E-state index contributed by atoms with van der Waals surface area (Å²) in [4.78, 5) is 28.5. The number of carbonyl (C=O) groups is 1. The van der Waals surface area contributed by atoms with Crippen LogP contribution in [-0.4, -0.2) is 70.2 Å². The fourth-order valence-electron chi connectivity index (χ4n) is 4.24. The van der Waals surface area contributed by atoms with E-state index in [0.717, 1.165) is 30.0 Å². The van der Waals surface area contributed by atoms with Gasteiger partial charge in [0.25, 0.3) is 0 Å². The van der Waals surface area contributed by atoms with Crippen molar-refractivity contribution in [2.24, 2.45) is 4.99 Å². The monoisotopic (exact) mass is 523 g/mol. The number of amides is 1. The van der Waals surface area contributed by atoms with E-state index in [1.165, 1.54) is 6.40 Å². The average Bonchev–Trinajstić information content (AvgIpc) is 3.20. The van der Waals surface area contributed by atoms with Crippen molar-refractivity contribution < 1.29 is 19.0 Å². The minimum Gasteiger partial charge on any atom is -0.497 e. The molecule has 1 fully saturated rings. The lowest BCUT2D eigenvalue weighted by Gasteiger charge is -2.40. The highest BCUT2D eigenvalue weighted by molar-refractivity contribution is 5.84. The summed E-state index contributed by atoms with van der Waals surface area (Å²) < 4.78 is 17.8. The minimum atomic E-state index is -0.535. The third-order valence-corrected chi connectivity index (χ3v) is 6.31. The number of alkyl carbamates (subject to hydrolysis) is 1. The van der Waals surface area contributed by atoms with E-state index in [-0.39, 0.29) is 5.54 Å². The first-order chi connectivity index (χ1) is 18.1. The third-order valence-electron chi connectivity index (χ3n) is 6.31. The van der Waals surface area contributed by atoms with E-state index in [0.29, 0.717) is 43.2 Å². The number of carbonyl (C=O) groups excluding carboxylic acids is 1. The molecule has 3 heterocycles. The molecule has 0 spiro atoms. The molecule has 1 aliphatic heterocycles. The van der Waals surface area contributed by atoms with Gasteiger partial charge in [-0.2, -0.15) is 4.99 Å². The van der Waals surface area contributed by atoms with Crippen molar-refractivity contribution in [1.29, 1.82) is 0 Å². The topological polar surface area (TPSA) is 116 Å². The molecule has 11 heteroatoms. The minimum absolute atomic E-state index is 0.354. The van der Waals surface area contributed by atoms with Crippen LogP contribution >= 0.6 is 0 Å². The largest absolute Gasteiger partial charge is 0.497 e. The number of nitrogens with one attached hydrogen (secondary N) is 1. The number of fused-ring (bicyclic) bond motifs is 1. The van der Waals surface area contributed by atoms with Crippen LogP contribution in [0.2, 0.25) is 0 Å². The van der Waals surface area contributed by atoms with Gasteiger partial charge in [0.05, 0.1) is 26.5 Å². The van der Waals surface area contributed by atoms with E-state index in [2.05, 4.69) is 32.2 Å². The van der Waals surface area contributed by atoms with Crippen LogP contribution in [0, 0.1) is 0 Å².